The molecule has 0 aliphatic rings. The molecule has 0 bridgehead atoms. The molecular weight excluding hydrogens is 227 g/mol. The van der Waals surface area contributed by atoms with Gasteiger partial charge in [0, 0.05) is 5.56 Å². The SMILES string of the molecule is COc1c[c]ccc1-c1ccc(F)c(Cl)c1. The van der Waals surface area contributed by atoms with Gasteiger partial charge in [0.25, 0.3) is 0 Å². The molecule has 16 heavy (non-hydrogen) atoms. The lowest BCUT2D eigenvalue weighted by atomic mass is 10.0. The van der Waals surface area contributed by atoms with E-state index < -0.39 is 5.82 Å². The fourth-order valence-corrected chi connectivity index (χ4v) is 1.67. The van der Waals surface area contributed by atoms with E-state index >= 15 is 0 Å². The van der Waals surface area contributed by atoms with Crippen molar-refractivity contribution in [2.75, 3.05) is 7.11 Å². The van der Waals surface area contributed by atoms with E-state index in [2.05, 4.69) is 6.07 Å². The van der Waals surface area contributed by atoms with Gasteiger partial charge in [-0.2, -0.15) is 0 Å². The second-order valence-electron chi connectivity index (χ2n) is 3.26. The van der Waals surface area contributed by atoms with E-state index in [0.29, 0.717) is 5.75 Å². The Balaban J connectivity index is 2.54. The second-order valence-corrected chi connectivity index (χ2v) is 3.66. The summed E-state index contributed by atoms with van der Waals surface area (Å²) in [5.74, 6) is 0.261. The van der Waals surface area contributed by atoms with Crippen LogP contribution in [0, 0.1) is 11.9 Å². The number of benzene rings is 2. The van der Waals surface area contributed by atoms with Gasteiger partial charge in [0.05, 0.1) is 12.1 Å². The van der Waals surface area contributed by atoms with Crippen LogP contribution in [0.1, 0.15) is 0 Å². The Bertz CT molecular complexity index is 511. The first-order chi connectivity index (χ1) is 7.72. The molecule has 1 nitrogen and oxygen atoms in total. The maximum absolute atomic E-state index is 13.0. The van der Waals surface area contributed by atoms with Crippen LogP contribution in [0.2, 0.25) is 5.02 Å². The van der Waals surface area contributed by atoms with Crippen LogP contribution < -0.4 is 4.74 Å². The fourth-order valence-electron chi connectivity index (χ4n) is 1.49. The molecule has 0 aliphatic heterocycles. The van der Waals surface area contributed by atoms with Crippen molar-refractivity contribution in [3.63, 3.8) is 0 Å². The number of ether oxygens (including phenoxy) is 1. The van der Waals surface area contributed by atoms with Gasteiger partial charge in [-0.1, -0.05) is 29.8 Å². The zero-order valence-electron chi connectivity index (χ0n) is 8.63. The molecule has 2 aromatic carbocycles. The quantitative estimate of drug-likeness (QED) is 0.766. The number of hydrogen-bond acceptors (Lipinski definition) is 1. The van der Waals surface area contributed by atoms with Gasteiger partial charge in [-0.25, -0.2) is 4.39 Å². The highest BCUT2D eigenvalue weighted by molar-refractivity contribution is 6.31. The van der Waals surface area contributed by atoms with Gasteiger partial charge in [-0.05, 0) is 29.8 Å². The standard InChI is InChI=1S/C13H9ClFO/c1-16-13-5-3-2-4-10(13)9-6-7-12(15)11(14)8-9/h2,4-8H,1H3. The largest absolute Gasteiger partial charge is 0.496 e. The molecule has 0 saturated carbocycles. The Morgan fingerprint density at radius 1 is 1.31 bits per heavy atom. The van der Waals surface area contributed by atoms with Crippen LogP contribution in [0.3, 0.4) is 0 Å². The number of rotatable bonds is 2. The Morgan fingerprint density at radius 2 is 2.12 bits per heavy atom. The van der Waals surface area contributed by atoms with E-state index in [0.717, 1.165) is 11.1 Å². The Morgan fingerprint density at radius 3 is 2.81 bits per heavy atom. The lowest BCUT2D eigenvalue weighted by Gasteiger charge is -2.08. The second kappa shape index (κ2) is 4.54. The molecule has 3 heteroatoms. The predicted molar refractivity (Wildman–Crippen MR) is 62.2 cm³/mol. The van der Waals surface area contributed by atoms with Crippen molar-refractivity contribution in [1.29, 1.82) is 0 Å². The molecule has 2 aromatic rings. The molecule has 1 radical (unpaired) electrons. The Kier molecular flexibility index (Phi) is 3.11. The van der Waals surface area contributed by atoms with Gasteiger partial charge in [-0.15, -0.1) is 0 Å². The summed E-state index contributed by atoms with van der Waals surface area (Å²) in [6.07, 6.45) is 0. The number of methoxy groups -OCH3 is 1. The average molecular weight is 236 g/mol. The molecule has 0 unspecified atom stereocenters. The first-order valence-corrected chi connectivity index (χ1v) is 5.09. The smallest absolute Gasteiger partial charge is 0.141 e. The summed E-state index contributed by atoms with van der Waals surface area (Å²) in [5.41, 5.74) is 1.68. The minimum absolute atomic E-state index is 0.104. The highest BCUT2D eigenvalue weighted by Crippen LogP contribution is 2.31. The van der Waals surface area contributed by atoms with Crippen molar-refractivity contribution >= 4 is 11.6 Å². The summed E-state index contributed by atoms with van der Waals surface area (Å²) in [5, 5.41) is 0.104. The van der Waals surface area contributed by atoms with Gasteiger partial charge < -0.3 is 4.74 Å². The van der Waals surface area contributed by atoms with Crippen LogP contribution in [0.15, 0.2) is 36.4 Å². The van der Waals surface area contributed by atoms with E-state index in [-0.39, 0.29) is 5.02 Å². The molecule has 81 valence electrons. The third-order valence-electron chi connectivity index (χ3n) is 2.28. The van der Waals surface area contributed by atoms with Crippen LogP contribution in [0.5, 0.6) is 5.75 Å². The molecule has 0 atom stereocenters. The van der Waals surface area contributed by atoms with Gasteiger partial charge in [0.15, 0.2) is 0 Å². The van der Waals surface area contributed by atoms with Crippen molar-refractivity contribution < 1.29 is 9.13 Å². The summed E-state index contributed by atoms with van der Waals surface area (Å²) < 4.78 is 18.2. The van der Waals surface area contributed by atoms with Crippen molar-refractivity contribution in [1.82, 2.24) is 0 Å². The summed E-state index contributed by atoms with van der Waals surface area (Å²) >= 11 is 5.74. The highest BCUT2D eigenvalue weighted by Gasteiger charge is 2.07. The van der Waals surface area contributed by atoms with Crippen molar-refractivity contribution in [2.45, 2.75) is 0 Å². The zero-order valence-corrected chi connectivity index (χ0v) is 9.38. The first-order valence-electron chi connectivity index (χ1n) is 4.72. The average Bonchev–Trinajstić information content (AvgIpc) is 2.32. The molecule has 0 fully saturated rings. The molecule has 2 rings (SSSR count). The van der Waals surface area contributed by atoms with Crippen molar-refractivity contribution in [2.24, 2.45) is 0 Å². The zero-order chi connectivity index (χ0) is 11.5. The summed E-state index contributed by atoms with van der Waals surface area (Å²) in [7, 11) is 1.58. The molecule has 0 spiro atoms. The van der Waals surface area contributed by atoms with E-state index in [9.17, 15) is 4.39 Å². The van der Waals surface area contributed by atoms with E-state index in [1.165, 1.54) is 6.07 Å². The fraction of sp³-hybridized carbons (Fsp3) is 0.0769. The van der Waals surface area contributed by atoms with Crippen molar-refractivity contribution in [3.8, 4) is 16.9 Å². The number of hydrogen-bond donors (Lipinski definition) is 0. The molecule has 0 heterocycles. The minimum atomic E-state index is -0.424. The molecule has 0 aromatic heterocycles. The topological polar surface area (TPSA) is 9.23 Å². The Hall–Kier alpha value is -1.54. The molecule has 0 amide bonds. The first kappa shape index (κ1) is 11.0. The summed E-state index contributed by atoms with van der Waals surface area (Å²) in [6, 6.07) is 12.9. The van der Waals surface area contributed by atoms with Crippen LogP contribution >= 0.6 is 11.6 Å². The van der Waals surface area contributed by atoms with Crippen molar-refractivity contribution in [3.05, 3.63) is 53.3 Å². The maximum Gasteiger partial charge on any atom is 0.141 e. The van der Waals surface area contributed by atoms with E-state index in [1.807, 2.05) is 6.07 Å². The van der Waals surface area contributed by atoms with Gasteiger partial charge in [-0.3, -0.25) is 0 Å². The maximum atomic E-state index is 13.0. The molecule has 0 aliphatic carbocycles. The van der Waals surface area contributed by atoms with Crippen LogP contribution in [-0.4, -0.2) is 7.11 Å². The third kappa shape index (κ3) is 2.02. The van der Waals surface area contributed by atoms with E-state index in [4.69, 9.17) is 16.3 Å². The normalized spacial score (nSPS) is 10.2. The monoisotopic (exact) mass is 235 g/mol. The van der Waals surface area contributed by atoms with Crippen LogP contribution in [0.4, 0.5) is 4.39 Å². The molecule has 0 saturated heterocycles. The van der Waals surface area contributed by atoms with E-state index in [1.54, 1.807) is 31.4 Å². The summed E-state index contributed by atoms with van der Waals surface area (Å²) in [4.78, 5) is 0. The van der Waals surface area contributed by atoms with Crippen LogP contribution in [-0.2, 0) is 0 Å². The minimum Gasteiger partial charge on any atom is -0.496 e. The number of halogens is 2. The predicted octanol–water partition coefficient (Wildman–Crippen LogP) is 3.95. The van der Waals surface area contributed by atoms with Crippen LogP contribution in [0.25, 0.3) is 11.1 Å². The lowest BCUT2D eigenvalue weighted by molar-refractivity contribution is 0.416. The Labute approximate surface area is 98.4 Å². The highest BCUT2D eigenvalue weighted by atomic mass is 35.5. The molecular formula is C13H9ClFO. The van der Waals surface area contributed by atoms with Gasteiger partial charge in [0.2, 0.25) is 0 Å². The summed E-state index contributed by atoms with van der Waals surface area (Å²) in [6.45, 7) is 0. The molecule has 0 N–H and O–H groups in total. The van der Waals surface area contributed by atoms with Gasteiger partial charge in [0.1, 0.15) is 11.6 Å². The third-order valence-corrected chi connectivity index (χ3v) is 2.57. The van der Waals surface area contributed by atoms with Gasteiger partial charge >= 0.3 is 0 Å². The lowest BCUT2D eigenvalue weighted by Crippen LogP contribution is -1.88.